The first-order valence-electron chi connectivity index (χ1n) is 5.98. The number of carbonyl (C=O) groups is 1. The highest BCUT2D eigenvalue weighted by Gasteiger charge is 2.41. The molecule has 5 heteroatoms. The van der Waals surface area contributed by atoms with Gasteiger partial charge in [-0.05, 0) is 20.3 Å². The average Bonchev–Trinajstić information content (AvgIpc) is 2.99. The molecule has 2 saturated heterocycles. The lowest BCUT2D eigenvalue weighted by Crippen LogP contribution is -2.42. The number of carbonyl (C=O) groups excluding carboxylic acids is 1. The van der Waals surface area contributed by atoms with Gasteiger partial charge in [0.2, 0.25) is 5.91 Å². The maximum absolute atomic E-state index is 12.2. The fraction of sp³-hybridized carbons (Fsp3) is 0.667. The second-order valence-electron chi connectivity index (χ2n) is 4.87. The highest BCUT2D eigenvalue weighted by molar-refractivity contribution is 5.80. The molecule has 3 heterocycles. The van der Waals surface area contributed by atoms with Gasteiger partial charge in [0.05, 0.1) is 30.9 Å². The summed E-state index contributed by atoms with van der Waals surface area (Å²) < 4.78 is 10.6. The number of nitrogens with zero attached hydrogens (tertiary/aromatic N) is 2. The van der Waals surface area contributed by atoms with Crippen molar-refractivity contribution in [3.8, 4) is 0 Å². The number of aryl methyl sites for hydroxylation is 2. The molecule has 0 aliphatic carbocycles. The molecule has 1 amide bonds. The number of hydrogen-bond donors (Lipinski definition) is 0. The Morgan fingerprint density at radius 1 is 1.53 bits per heavy atom. The van der Waals surface area contributed by atoms with E-state index in [4.69, 9.17) is 9.26 Å². The average molecular weight is 236 g/mol. The van der Waals surface area contributed by atoms with Crippen LogP contribution in [0.15, 0.2) is 4.52 Å². The normalized spacial score (nSPS) is 26.8. The largest absolute Gasteiger partial charge is 0.374 e. The molecule has 5 nitrogen and oxygen atoms in total. The molecule has 0 aromatic carbocycles. The Hall–Kier alpha value is -1.36. The summed E-state index contributed by atoms with van der Waals surface area (Å²) in [6, 6.07) is 0.285. The fourth-order valence-corrected chi connectivity index (χ4v) is 2.71. The first-order valence-corrected chi connectivity index (χ1v) is 5.98. The van der Waals surface area contributed by atoms with E-state index in [-0.39, 0.29) is 18.1 Å². The van der Waals surface area contributed by atoms with E-state index in [1.807, 2.05) is 18.7 Å². The Morgan fingerprint density at radius 3 is 2.88 bits per heavy atom. The zero-order chi connectivity index (χ0) is 12.0. The van der Waals surface area contributed by atoms with Crippen LogP contribution in [0, 0.1) is 13.8 Å². The Bertz CT molecular complexity index is 435. The maximum Gasteiger partial charge on any atom is 0.227 e. The molecule has 2 aliphatic rings. The molecule has 2 fully saturated rings. The van der Waals surface area contributed by atoms with Gasteiger partial charge in [-0.15, -0.1) is 0 Å². The molecular weight excluding hydrogens is 220 g/mol. The highest BCUT2D eigenvalue weighted by atomic mass is 16.5. The predicted molar refractivity (Wildman–Crippen MR) is 59.5 cm³/mol. The van der Waals surface area contributed by atoms with Crippen LogP contribution in [-0.4, -0.2) is 41.3 Å². The number of likely N-dealkylation sites (tertiary alicyclic amines) is 1. The monoisotopic (exact) mass is 236 g/mol. The summed E-state index contributed by atoms with van der Waals surface area (Å²) in [7, 11) is 0. The molecule has 0 saturated carbocycles. The summed E-state index contributed by atoms with van der Waals surface area (Å²) in [5.41, 5.74) is 1.75. The summed E-state index contributed by atoms with van der Waals surface area (Å²) in [6.45, 7) is 5.16. The first kappa shape index (κ1) is 10.8. The molecule has 2 aliphatic heterocycles. The number of fused-ring (bicyclic) bond motifs is 2. The fourth-order valence-electron chi connectivity index (χ4n) is 2.71. The number of amides is 1. The van der Waals surface area contributed by atoms with E-state index in [9.17, 15) is 4.79 Å². The minimum absolute atomic E-state index is 0.162. The van der Waals surface area contributed by atoms with Gasteiger partial charge in [-0.2, -0.15) is 0 Å². The van der Waals surface area contributed by atoms with Gasteiger partial charge in [-0.3, -0.25) is 4.79 Å². The van der Waals surface area contributed by atoms with Crippen LogP contribution < -0.4 is 0 Å². The zero-order valence-electron chi connectivity index (χ0n) is 10.1. The lowest BCUT2D eigenvalue weighted by atomic mass is 10.1. The molecular formula is C12H16N2O3. The van der Waals surface area contributed by atoms with E-state index in [0.29, 0.717) is 13.0 Å². The summed E-state index contributed by atoms with van der Waals surface area (Å²) in [5.74, 6) is 0.909. The van der Waals surface area contributed by atoms with Gasteiger partial charge in [-0.25, -0.2) is 0 Å². The van der Waals surface area contributed by atoms with Gasteiger partial charge in [-0.1, -0.05) is 5.16 Å². The zero-order valence-corrected chi connectivity index (χ0v) is 10.1. The number of hydrogen-bond acceptors (Lipinski definition) is 4. The molecule has 92 valence electrons. The van der Waals surface area contributed by atoms with Gasteiger partial charge in [0, 0.05) is 12.1 Å². The van der Waals surface area contributed by atoms with Crippen molar-refractivity contribution in [1.82, 2.24) is 10.1 Å². The van der Waals surface area contributed by atoms with Crippen LogP contribution in [0.1, 0.15) is 23.4 Å². The summed E-state index contributed by atoms with van der Waals surface area (Å²) in [6.07, 6.45) is 1.64. The minimum atomic E-state index is 0.162. The van der Waals surface area contributed by atoms with Crippen molar-refractivity contribution in [2.24, 2.45) is 0 Å². The van der Waals surface area contributed by atoms with Crippen LogP contribution in [0.4, 0.5) is 0 Å². The summed E-state index contributed by atoms with van der Waals surface area (Å²) >= 11 is 0. The predicted octanol–water partition coefficient (Wildman–Crippen LogP) is 0.834. The number of rotatable bonds is 2. The molecule has 1 aromatic rings. The van der Waals surface area contributed by atoms with Crippen molar-refractivity contribution in [2.75, 3.05) is 13.2 Å². The molecule has 17 heavy (non-hydrogen) atoms. The third kappa shape index (κ3) is 1.74. The lowest BCUT2D eigenvalue weighted by molar-refractivity contribution is -0.134. The van der Waals surface area contributed by atoms with Crippen LogP contribution in [0.5, 0.6) is 0 Å². The van der Waals surface area contributed by atoms with Gasteiger partial charge in [0.1, 0.15) is 5.76 Å². The van der Waals surface area contributed by atoms with E-state index in [1.54, 1.807) is 0 Å². The molecule has 1 aromatic heterocycles. The Morgan fingerprint density at radius 2 is 2.35 bits per heavy atom. The summed E-state index contributed by atoms with van der Waals surface area (Å²) in [4.78, 5) is 14.2. The molecule has 3 rings (SSSR count). The number of morpholine rings is 1. The van der Waals surface area contributed by atoms with E-state index in [2.05, 4.69) is 5.16 Å². The molecule has 0 N–H and O–H groups in total. The number of ether oxygens (including phenoxy) is 1. The molecule has 2 atom stereocenters. The van der Waals surface area contributed by atoms with Crippen LogP contribution in [0.3, 0.4) is 0 Å². The maximum atomic E-state index is 12.2. The molecule has 0 radical (unpaired) electrons. The van der Waals surface area contributed by atoms with E-state index in [1.165, 1.54) is 0 Å². The Labute approximate surface area is 99.7 Å². The second kappa shape index (κ2) is 3.84. The van der Waals surface area contributed by atoms with Gasteiger partial charge in [0.25, 0.3) is 0 Å². The van der Waals surface area contributed by atoms with E-state index >= 15 is 0 Å². The van der Waals surface area contributed by atoms with Crippen LogP contribution in [-0.2, 0) is 16.0 Å². The first-order chi connectivity index (χ1) is 8.15. The van der Waals surface area contributed by atoms with Crippen molar-refractivity contribution in [3.63, 3.8) is 0 Å². The number of aromatic nitrogens is 1. The van der Waals surface area contributed by atoms with Gasteiger partial charge < -0.3 is 14.2 Å². The van der Waals surface area contributed by atoms with Crippen molar-refractivity contribution in [3.05, 3.63) is 17.0 Å². The van der Waals surface area contributed by atoms with Crippen molar-refractivity contribution in [2.45, 2.75) is 38.8 Å². The molecule has 2 unspecified atom stereocenters. The van der Waals surface area contributed by atoms with Crippen LogP contribution in [0.2, 0.25) is 0 Å². The Kier molecular flexibility index (Phi) is 2.43. The molecule has 0 spiro atoms. The minimum Gasteiger partial charge on any atom is -0.374 e. The van der Waals surface area contributed by atoms with E-state index in [0.717, 1.165) is 30.0 Å². The van der Waals surface area contributed by atoms with Crippen molar-refractivity contribution >= 4 is 5.91 Å². The van der Waals surface area contributed by atoms with Gasteiger partial charge >= 0.3 is 0 Å². The smallest absolute Gasteiger partial charge is 0.227 e. The Balaban J connectivity index is 1.72. The van der Waals surface area contributed by atoms with Gasteiger partial charge in [0.15, 0.2) is 0 Å². The third-order valence-corrected chi connectivity index (χ3v) is 3.73. The second-order valence-corrected chi connectivity index (χ2v) is 4.87. The summed E-state index contributed by atoms with van der Waals surface area (Å²) in [5, 5.41) is 3.87. The standard InChI is InChI=1S/C12H16N2O3/c1-7-11(8(2)17-13-7)4-12(15)14-5-10-3-9(14)6-16-10/h9-10H,3-6H2,1-2H3. The SMILES string of the molecule is Cc1noc(C)c1CC(=O)N1CC2CC1CO2. The molecule has 2 bridgehead atoms. The van der Waals surface area contributed by atoms with E-state index < -0.39 is 0 Å². The third-order valence-electron chi connectivity index (χ3n) is 3.73. The van der Waals surface area contributed by atoms with Crippen LogP contribution >= 0.6 is 0 Å². The highest BCUT2D eigenvalue weighted by Crippen LogP contribution is 2.28. The van der Waals surface area contributed by atoms with Crippen molar-refractivity contribution in [1.29, 1.82) is 0 Å². The lowest BCUT2D eigenvalue weighted by Gasteiger charge is -2.26. The van der Waals surface area contributed by atoms with Crippen molar-refractivity contribution < 1.29 is 14.1 Å². The quantitative estimate of drug-likeness (QED) is 0.763. The topological polar surface area (TPSA) is 55.6 Å². The van der Waals surface area contributed by atoms with Crippen LogP contribution in [0.25, 0.3) is 0 Å².